The maximum atomic E-state index is 14.0. The molecule has 1 unspecified atom stereocenters. The van der Waals surface area contributed by atoms with Crippen LogP contribution < -0.4 is 21.2 Å². The lowest BCUT2D eigenvalue weighted by Crippen LogP contribution is -2.48. The number of nitrogens with one attached hydrogen (secondary N) is 2. The second-order valence-electron chi connectivity index (χ2n) is 13.9. The number of hydrogen-bond acceptors (Lipinski definition) is 9. The van der Waals surface area contributed by atoms with Crippen molar-refractivity contribution in [1.82, 2.24) is 43.7 Å². The van der Waals surface area contributed by atoms with Crippen LogP contribution in [-0.4, -0.2) is 88.9 Å². The van der Waals surface area contributed by atoms with E-state index in [1.54, 1.807) is 28.6 Å². The first-order chi connectivity index (χ1) is 25.2. The second kappa shape index (κ2) is 13.6. The number of rotatable bonds is 8. The molecule has 4 aromatic heterocycles. The van der Waals surface area contributed by atoms with Crippen molar-refractivity contribution in [2.24, 2.45) is 13.0 Å². The van der Waals surface area contributed by atoms with Gasteiger partial charge in [0, 0.05) is 64.8 Å². The smallest absolute Gasteiger partial charge is 0.329 e. The molecule has 3 aliphatic rings. The number of benzene rings is 1. The zero-order valence-corrected chi connectivity index (χ0v) is 28.6. The summed E-state index contributed by atoms with van der Waals surface area (Å²) in [5.74, 6) is -0.890. The fourth-order valence-electron chi connectivity index (χ4n) is 8.06. The average molecular weight is 716 g/mol. The fraction of sp³-hybridized carbons (Fsp3) is 0.457. The summed E-state index contributed by atoms with van der Waals surface area (Å²) in [5, 5.41) is 13.3. The Bertz CT molecular complexity index is 2220. The normalized spacial score (nSPS) is 21.7. The lowest BCUT2D eigenvalue weighted by Gasteiger charge is -2.39. The molecule has 2 saturated heterocycles. The second-order valence-corrected chi connectivity index (χ2v) is 13.9. The van der Waals surface area contributed by atoms with Gasteiger partial charge < -0.3 is 10.2 Å². The number of imide groups is 1. The summed E-state index contributed by atoms with van der Waals surface area (Å²) >= 11 is 0. The summed E-state index contributed by atoms with van der Waals surface area (Å²) in [7, 11) is 1.72. The van der Waals surface area contributed by atoms with E-state index >= 15 is 0 Å². The van der Waals surface area contributed by atoms with Crippen LogP contribution in [0.3, 0.4) is 0 Å². The molecule has 1 aliphatic carbocycles. The Labute approximate surface area is 296 Å². The number of para-hydroxylation sites is 1. The van der Waals surface area contributed by atoms with Crippen LogP contribution in [0.25, 0.3) is 16.7 Å². The number of piperazine rings is 1. The summed E-state index contributed by atoms with van der Waals surface area (Å²) in [5.41, 5.74) is 2.14. The van der Waals surface area contributed by atoms with Gasteiger partial charge in [-0.25, -0.2) is 23.1 Å². The highest BCUT2D eigenvalue weighted by Gasteiger charge is 2.33. The van der Waals surface area contributed by atoms with Crippen LogP contribution in [0.4, 0.5) is 20.2 Å². The van der Waals surface area contributed by atoms with Gasteiger partial charge in [-0.15, -0.1) is 0 Å². The number of alkyl halides is 2. The Hall–Kier alpha value is -5.45. The summed E-state index contributed by atoms with van der Waals surface area (Å²) in [4.78, 5) is 59.7. The molecular formula is C35H39F2N11O4. The quantitative estimate of drug-likeness (QED) is 0.230. The monoisotopic (exact) mass is 715 g/mol. The molecule has 3 fully saturated rings. The van der Waals surface area contributed by atoms with Crippen LogP contribution in [0.5, 0.6) is 0 Å². The van der Waals surface area contributed by atoms with Gasteiger partial charge in [0.25, 0.3) is 12.3 Å². The van der Waals surface area contributed by atoms with E-state index in [-0.39, 0.29) is 41.7 Å². The zero-order valence-electron chi connectivity index (χ0n) is 28.6. The molecule has 8 rings (SSSR count). The van der Waals surface area contributed by atoms with Gasteiger partial charge in [0.15, 0.2) is 11.3 Å². The summed E-state index contributed by atoms with van der Waals surface area (Å²) < 4.78 is 34.2. The van der Waals surface area contributed by atoms with Gasteiger partial charge in [0.2, 0.25) is 11.8 Å². The minimum absolute atomic E-state index is 0.0152. The van der Waals surface area contributed by atoms with Crippen molar-refractivity contribution in [3.8, 4) is 0 Å². The standard InChI is InChI=1S/C35H39F2N11O4/c1-43-30-25(4-2-5-26(30)48(35(43)52)27-10-11-28(49)41-34(27)51)45-16-14-44(15-17-45)19-21-6-8-22(9-7-21)47-20-24(29(42-47)31(36)37)40-33(50)23-18-39-46-13-3-12-38-32(23)46/h2-5,12-13,18,20-22,27,31H,6-11,14-17,19H2,1H3,(H,40,50)(H,41,49,51). The SMILES string of the molecule is Cn1c(=O)n(C2CCC(=O)NC2=O)c2cccc(N3CCN(CC4CCC(n5cc(NC(=O)c6cnn7cccnc67)c(C(F)F)n5)CC4)CC3)c21. The van der Waals surface area contributed by atoms with Gasteiger partial charge >= 0.3 is 5.69 Å². The van der Waals surface area contributed by atoms with Crippen molar-refractivity contribution < 1.29 is 23.2 Å². The van der Waals surface area contributed by atoms with E-state index in [9.17, 15) is 28.0 Å². The third-order valence-corrected chi connectivity index (χ3v) is 10.8. The van der Waals surface area contributed by atoms with E-state index in [0.29, 0.717) is 17.1 Å². The fourth-order valence-corrected chi connectivity index (χ4v) is 8.06. The topological polar surface area (TPSA) is 157 Å². The molecule has 17 heteroatoms. The number of fused-ring (bicyclic) bond motifs is 2. The highest BCUT2D eigenvalue weighted by molar-refractivity contribution is 6.08. The van der Waals surface area contributed by atoms with Crippen molar-refractivity contribution in [2.75, 3.05) is 42.9 Å². The van der Waals surface area contributed by atoms with Crippen LogP contribution in [0, 0.1) is 5.92 Å². The van der Waals surface area contributed by atoms with Crippen molar-refractivity contribution in [3.63, 3.8) is 0 Å². The molecule has 2 aliphatic heterocycles. The molecule has 0 spiro atoms. The van der Waals surface area contributed by atoms with E-state index < -0.39 is 30.0 Å². The minimum atomic E-state index is -2.85. The number of imidazole rings is 1. The number of aryl methyl sites for hydroxylation is 1. The van der Waals surface area contributed by atoms with Gasteiger partial charge in [-0.3, -0.25) is 38.4 Å². The minimum Gasteiger partial charge on any atom is -0.367 e. The number of anilines is 2. The van der Waals surface area contributed by atoms with E-state index in [1.165, 1.54) is 27.7 Å². The number of hydrogen-bond donors (Lipinski definition) is 2. The maximum absolute atomic E-state index is 14.0. The molecule has 0 radical (unpaired) electrons. The van der Waals surface area contributed by atoms with Crippen molar-refractivity contribution >= 4 is 45.8 Å². The molecule has 272 valence electrons. The lowest BCUT2D eigenvalue weighted by molar-refractivity contribution is -0.135. The van der Waals surface area contributed by atoms with Crippen LogP contribution in [0.15, 0.2) is 53.8 Å². The highest BCUT2D eigenvalue weighted by Crippen LogP contribution is 2.36. The van der Waals surface area contributed by atoms with Gasteiger partial charge in [-0.05, 0) is 56.2 Å². The number of aromatic nitrogens is 7. The lowest BCUT2D eigenvalue weighted by atomic mass is 9.85. The largest absolute Gasteiger partial charge is 0.367 e. The number of carbonyl (C=O) groups is 3. The molecule has 1 saturated carbocycles. The van der Waals surface area contributed by atoms with Gasteiger partial charge in [-0.2, -0.15) is 10.2 Å². The predicted molar refractivity (Wildman–Crippen MR) is 186 cm³/mol. The molecule has 2 N–H and O–H groups in total. The number of carbonyl (C=O) groups excluding carboxylic acids is 3. The number of halogens is 2. The van der Waals surface area contributed by atoms with Crippen LogP contribution in [0.2, 0.25) is 0 Å². The molecule has 6 heterocycles. The van der Waals surface area contributed by atoms with Crippen LogP contribution >= 0.6 is 0 Å². The maximum Gasteiger partial charge on any atom is 0.329 e. The first kappa shape index (κ1) is 33.7. The van der Waals surface area contributed by atoms with Crippen molar-refractivity contribution in [1.29, 1.82) is 0 Å². The summed E-state index contributed by atoms with van der Waals surface area (Å²) in [6.45, 7) is 4.18. The Morgan fingerprint density at radius 1 is 1.04 bits per heavy atom. The number of piperidine rings is 1. The Balaban J connectivity index is 0.880. The molecule has 3 amide bonds. The zero-order chi connectivity index (χ0) is 36.1. The molecule has 52 heavy (non-hydrogen) atoms. The van der Waals surface area contributed by atoms with E-state index in [1.807, 2.05) is 18.2 Å². The van der Waals surface area contributed by atoms with Crippen molar-refractivity contribution in [3.05, 3.63) is 70.8 Å². The molecular weight excluding hydrogens is 676 g/mol. The highest BCUT2D eigenvalue weighted by atomic mass is 19.3. The summed E-state index contributed by atoms with van der Waals surface area (Å²) in [6.07, 6.45) is 7.13. The van der Waals surface area contributed by atoms with Crippen LogP contribution in [0.1, 0.15) is 73.1 Å². The molecule has 1 atom stereocenters. The average Bonchev–Trinajstić information content (AvgIpc) is 3.84. The molecule has 15 nitrogen and oxygen atoms in total. The van der Waals surface area contributed by atoms with Gasteiger partial charge in [-0.1, -0.05) is 6.07 Å². The Kier molecular flexibility index (Phi) is 8.80. The third-order valence-electron chi connectivity index (χ3n) is 10.8. The molecule has 5 aromatic rings. The molecule has 0 bridgehead atoms. The Morgan fingerprint density at radius 3 is 2.58 bits per heavy atom. The summed E-state index contributed by atoms with van der Waals surface area (Å²) in [6, 6.07) is 6.67. The van der Waals surface area contributed by atoms with Crippen LogP contribution in [-0.2, 0) is 16.6 Å². The number of amides is 3. The predicted octanol–water partition coefficient (Wildman–Crippen LogP) is 3.30. The number of nitrogens with zero attached hydrogens (tertiary/aromatic N) is 9. The van der Waals surface area contributed by atoms with E-state index in [4.69, 9.17) is 0 Å². The first-order valence-electron chi connectivity index (χ1n) is 17.6. The Morgan fingerprint density at radius 2 is 1.83 bits per heavy atom. The molecule has 1 aromatic carbocycles. The van der Waals surface area contributed by atoms with Gasteiger partial charge in [0.05, 0.1) is 34.6 Å². The third kappa shape index (κ3) is 6.11. The van der Waals surface area contributed by atoms with E-state index in [2.05, 4.69) is 35.6 Å². The first-order valence-corrected chi connectivity index (χ1v) is 17.6. The van der Waals surface area contributed by atoms with E-state index in [0.717, 1.165) is 69.6 Å². The van der Waals surface area contributed by atoms with Gasteiger partial charge in [0.1, 0.15) is 11.6 Å². The van der Waals surface area contributed by atoms with Crippen molar-refractivity contribution in [2.45, 2.75) is 57.0 Å².